The summed E-state index contributed by atoms with van der Waals surface area (Å²) in [5, 5.41) is 25.6. The number of benzene rings is 1. The number of ether oxygens (including phenoxy) is 1. The van der Waals surface area contributed by atoms with Crippen LogP contribution in [-0.2, 0) is 11.3 Å². The van der Waals surface area contributed by atoms with E-state index in [1.165, 1.54) is 31.4 Å². The highest BCUT2D eigenvalue weighted by molar-refractivity contribution is 6.32. The van der Waals surface area contributed by atoms with Crippen LogP contribution in [0.25, 0.3) is 5.69 Å². The van der Waals surface area contributed by atoms with E-state index >= 15 is 0 Å². The van der Waals surface area contributed by atoms with Gasteiger partial charge in [0.25, 0.3) is 5.69 Å². The lowest BCUT2D eigenvalue weighted by Gasteiger charge is -2.01. The molecule has 0 aliphatic rings. The number of hydrogen-bond donors (Lipinski definition) is 0. The molecule has 0 N–H and O–H groups in total. The number of aromatic nitrogens is 2. The van der Waals surface area contributed by atoms with Crippen molar-refractivity contribution in [3.05, 3.63) is 55.3 Å². The lowest BCUT2D eigenvalue weighted by Crippen LogP contribution is -1.99. The second-order valence-corrected chi connectivity index (χ2v) is 4.32. The Hall–Kier alpha value is -2.52. The van der Waals surface area contributed by atoms with Crippen molar-refractivity contribution in [1.82, 2.24) is 9.78 Å². The summed E-state index contributed by atoms with van der Waals surface area (Å²) >= 11 is 5.96. The number of nitro benzene ring substituents is 1. The van der Waals surface area contributed by atoms with E-state index in [9.17, 15) is 20.2 Å². The molecule has 0 atom stereocenters. The average molecular weight is 313 g/mol. The maximum absolute atomic E-state index is 11.0. The highest BCUT2D eigenvalue weighted by Gasteiger charge is 2.27. The first-order valence-electron chi connectivity index (χ1n) is 5.61. The molecule has 2 aromatic rings. The number of nitro groups is 2. The standard InChI is InChI=1S/C11H9ClN4O5/c1-21-6-9-10(16(19)20)11(12)14(13-9)7-3-2-4-8(5-7)15(17)18/h2-5H,6H2,1H3. The third-order valence-corrected chi connectivity index (χ3v) is 2.96. The van der Waals surface area contributed by atoms with Crippen molar-refractivity contribution in [3.8, 4) is 5.69 Å². The van der Waals surface area contributed by atoms with Gasteiger partial charge in [-0.05, 0) is 6.07 Å². The SMILES string of the molecule is COCc1nn(-c2cccc([N+](=O)[O-])c2)c(Cl)c1[N+](=O)[O-]. The molecule has 0 bridgehead atoms. The van der Waals surface area contributed by atoms with Crippen molar-refractivity contribution >= 4 is 23.0 Å². The molecule has 0 fully saturated rings. The first kappa shape index (κ1) is 14.9. The minimum Gasteiger partial charge on any atom is -0.378 e. The average Bonchev–Trinajstić information content (AvgIpc) is 2.76. The van der Waals surface area contributed by atoms with Gasteiger partial charge in [-0.1, -0.05) is 17.7 Å². The highest BCUT2D eigenvalue weighted by Crippen LogP contribution is 2.31. The van der Waals surface area contributed by atoms with E-state index in [0.717, 1.165) is 4.68 Å². The smallest absolute Gasteiger partial charge is 0.331 e. The van der Waals surface area contributed by atoms with Crippen molar-refractivity contribution in [2.24, 2.45) is 0 Å². The summed E-state index contributed by atoms with van der Waals surface area (Å²) < 4.78 is 5.91. The summed E-state index contributed by atoms with van der Waals surface area (Å²) in [6.45, 7) is -0.0992. The van der Waals surface area contributed by atoms with Crippen LogP contribution in [0.2, 0.25) is 5.15 Å². The highest BCUT2D eigenvalue weighted by atomic mass is 35.5. The van der Waals surface area contributed by atoms with Crippen LogP contribution in [0, 0.1) is 20.2 Å². The maximum Gasteiger partial charge on any atom is 0.331 e. The van der Waals surface area contributed by atoms with Gasteiger partial charge < -0.3 is 4.74 Å². The Morgan fingerprint density at radius 3 is 2.62 bits per heavy atom. The van der Waals surface area contributed by atoms with Gasteiger partial charge in [-0.2, -0.15) is 5.10 Å². The molecule has 21 heavy (non-hydrogen) atoms. The largest absolute Gasteiger partial charge is 0.378 e. The Bertz CT molecular complexity index is 715. The van der Waals surface area contributed by atoms with Gasteiger partial charge >= 0.3 is 5.69 Å². The minimum absolute atomic E-state index is 0.0407. The molecular weight excluding hydrogens is 304 g/mol. The van der Waals surface area contributed by atoms with Gasteiger partial charge in [-0.3, -0.25) is 20.2 Å². The predicted molar refractivity (Wildman–Crippen MR) is 72.6 cm³/mol. The van der Waals surface area contributed by atoms with E-state index in [1.54, 1.807) is 0 Å². The zero-order valence-electron chi connectivity index (χ0n) is 10.7. The molecule has 0 spiro atoms. The van der Waals surface area contributed by atoms with Crippen LogP contribution in [0.3, 0.4) is 0 Å². The first-order chi connectivity index (χ1) is 9.95. The van der Waals surface area contributed by atoms with Crippen LogP contribution in [-0.4, -0.2) is 26.7 Å². The molecule has 1 aromatic carbocycles. The molecule has 0 radical (unpaired) electrons. The number of non-ortho nitro benzene ring substituents is 1. The van der Waals surface area contributed by atoms with E-state index in [-0.39, 0.29) is 34.5 Å². The Morgan fingerprint density at radius 2 is 2.05 bits per heavy atom. The van der Waals surface area contributed by atoms with Crippen molar-refractivity contribution in [2.75, 3.05) is 7.11 Å². The van der Waals surface area contributed by atoms with Crippen LogP contribution < -0.4 is 0 Å². The molecule has 2 rings (SSSR count). The van der Waals surface area contributed by atoms with E-state index in [0.29, 0.717) is 0 Å². The van der Waals surface area contributed by atoms with Gasteiger partial charge in [0.05, 0.1) is 22.1 Å². The fourth-order valence-electron chi connectivity index (χ4n) is 1.76. The zero-order valence-corrected chi connectivity index (χ0v) is 11.5. The van der Waals surface area contributed by atoms with Crippen LogP contribution in [0.4, 0.5) is 11.4 Å². The second kappa shape index (κ2) is 5.85. The van der Waals surface area contributed by atoms with Crippen LogP contribution >= 0.6 is 11.6 Å². The Kier molecular flexibility index (Phi) is 4.15. The third-order valence-electron chi connectivity index (χ3n) is 2.62. The van der Waals surface area contributed by atoms with E-state index < -0.39 is 9.85 Å². The summed E-state index contributed by atoms with van der Waals surface area (Å²) in [4.78, 5) is 20.6. The van der Waals surface area contributed by atoms with E-state index in [4.69, 9.17) is 16.3 Å². The summed E-state index contributed by atoms with van der Waals surface area (Å²) in [6.07, 6.45) is 0. The van der Waals surface area contributed by atoms with Gasteiger partial charge in [0.2, 0.25) is 5.15 Å². The molecule has 1 aromatic heterocycles. The quantitative estimate of drug-likeness (QED) is 0.619. The molecular formula is C11H9ClN4O5. The van der Waals surface area contributed by atoms with Crippen molar-refractivity contribution in [1.29, 1.82) is 0 Å². The fraction of sp³-hybridized carbons (Fsp3) is 0.182. The number of halogens is 1. The van der Waals surface area contributed by atoms with Crippen LogP contribution in [0.15, 0.2) is 24.3 Å². The Balaban J connectivity index is 2.59. The molecule has 110 valence electrons. The number of rotatable bonds is 5. The fourth-order valence-corrected chi connectivity index (χ4v) is 2.07. The van der Waals surface area contributed by atoms with E-state index in [2.05, 4.69) is 5.10 Å². The third kappa shape index (κ3) is 2.83. The Labute approximate surface area is 123 Å². The van der Waals surface area contributed by atoms with Crippen molar-refractivity contribution in [3.63, 3.8) is 0 Å². The molecule has 1 heterocycles. The van der Waals surface area contributed by atoms with Crippen LogP contribution in [0.1, 0.15) is 5.69 Å². The summed E-state index contributed by atoms with van der Waals surface area (Å²) in [5.41, 5.74) is -0.265. The van der Waals surface area contributed by atoms with Gasteiger partial charge in [0.15, 0.2) is 5.69 Å². The summed E-state index contributed by atoms with van der Waals surface area (Å²) in [7, 11) is 1.37. The van der Waals surface area contributed by atoms with Gasteiger partial charge in [0.1, 0.15) is 0 Å². The number of nitrogens with zero attached hydrogens (tertiary/aromatic N) is 4. The maximum atomic E-state index is 11.0. The zero-order chi connectivity index (χ0) is 15.6. The summed E-state index contributed by atoms with van der Waals surface area (Å²) in [6, 6.07) is 5.46. The molecule has 9 nitrogen and oxygen atoms in total. The molecule has 0 aliphatic carbocycles. The van der Waals surface area contributed by atoms with E-state index in [1.807, 2.05) is 0 Å². The lowest BCUT2D eigenvalue weighted by molar-refractivity contribution is -0.385. The van der Waals surface area contributed by atoms with Gasteiger partial charge in [-0.25, -0.2) is 4.68 Å². The van der Waals surface area contributed by atoms with Gasteiger partial charge in [0, 0.05) is 19.2 Å². The molecule has 10 heteroatoms. The second-order valence-electron chi connectivity index (χ2n) is 3.96. The first-order valence-corrected chi connectivity index (χ1v) is 5.99. The number of methoxy groups -OCH3 is 1. The summed E-state index contributed by atoms with van der Waals surface area (Å²) in [5.74, 6) is 0. The lowest BCUT2D eigenvalue weighted by atomic mass is 10.3. The molecule has 0 saturated carbocycles. The minimum atomic E-state index is -0.669. The monoisotopic (exact) mass is 312 g/mol. The van der Waals surface area contributed by atoms with Crippen molar-refractivity contribution in [2.45, 2.75) is 6.61 Å². The van der Waals surface area contributed by atoms with Crippen LogP contribution in [0.5, 0.6) is 0 Å². The molecule has 0 aliphatic heterocycles. The van der Waals surface area contributed by atoms with Gasteiger partial charge in [-0.15, -0.1) is 0 Å². The molecule has 0 saturated heterocycles. The Morgan fingerprint density at radius 1 is 1.33 bits per heavy atom. The normalized spacial score (nSPS) is 10.6. The number of hydrogen-bond acceptors (Lipinski definition) is 6. The predicted octanol–water partition coefficient (Wildman–Crippen LogP) is 2.49. The molecule has 0 unspecified atom stereocenters. The molecule has 0 amide bonds. The van der Waals surface area contributed by atoms with Crippen molar-refractivity contribution < 1.29 is 14.6 Å². The topological polar surface area (TPSA) is 113 Å².